The van der Waals surface area contributed by atoms with Gasteiger partial charge in [0.1, 0.15) is 12.2 Å². The summed E-state index contributed by atoms with van der Waals surface area (Å²) in [5.74, 6) is -0.309. The highest BCUT2D eigenvalue weighted by Gasteiger charge is 2.13. The molecule has 0 fully saturated rings. The number of carbonyl (C=O) groups is 1. The molecule has 0 unspecified atom stereocenters. The van der Waals surface area contributed by atoms with Gasteiger partial charge in [0.15, 0.2) is 11.6 Å². The number of tetrazole rings is 1. The number of carboxylic acid groups (broad SMARTS) is 1. The second kappa shape index (κ2) is 6.60. The Hall–Kier alpha value is -2.51. The van der Waals surface area contributed by atoms with Gasteiger partial charge in [0.2, 0.25) is 0 Å². The van der Waals surface area contributed by atoms with Crippen molar-refractivity contribution in [3.05, 3.63) is 29.8 Å². The minimum absolute atomic E-state index is 0.0626. The van der Waals surface area contributed by atoms with Crippen molar-refractivity contribution in [3.8, 4) is 5.75 Å². The Kier molecular flexibility index (Phi) is 4.59. The van der Waals surface area contributed by atoms with E-state index >= 15 is 0 Å². The molecule has 0 amide bonds. The molecule has 106 valence electrons. The average Bonchev–Trinajstić information content (AvgIpc) is 2.90. The SMILES string of the molecule is CCCCn1nnnc1COc1cnccc1C(=O)O. The van der Waals surface area contributed by atoms with E-state index in [4.69, 9.17) is 9.84 Å². The molecule has 0 bridgehead atoms. The van der Waals surface area contributed by atoms with Gasteiger partial charge in [-0.25, -0.2) is 9.48 Å². The molecular formula is C12H15N5O3. The molecule has 1 N–H and O–H groups in total. The number of nitrogens with zero attached hydrogens (tertiary/aromatic N) is 5. The molecule has 8 nitrogen and oxygen atoms in total. The fourth-order valence-electron chi connectivity index (χ4n) is 1.62. The Morgan fingerprint density at radius 1 is 1.50 bits per heavy atom. The number of aromatic nitrogens is 5. The van der Waals surface area contributed by atoms with E-state index in [1.54, 1.807) is 4.68 Å². The molecule has 0 aliphatic carbocycles. The topological polar surface area (TPSA) is 103 Å². The summed E-state index contributed by atoms with van der Waals surface area (Å²) in [6.45, 7) is 2.89. The number of rotatable bonds is 7. The molecule has 0 aliphatic heterocycles. The zero-order valence-electron chi connectivity index (χ0n) is 11.1. The van der Waals surface area contributed by atoms with Gasteiger partial charge < -0.3 is 9.84 Å². The van der Waals surface area contributed by atoms with Crippen molar-refractivity contribution < 1.29 is 14.6 Å². The maximum Gasteiger partial charge on any atom is 0.339 e. The predicted octanol–water partition coefficient (Wildman–Crippen LogP) is 1.15. The van der Waals surface area contributed by atoms with Crippen LogP contribution in [0.25, 0.3) is 0 Å². The fourth-order valence-corrected chi connectivity index (χ4v) is 1.62. The smallest absolute Gasteiger partial charge is 0.339 e. The third-order valence-electron chi connectivity index (χ3n) is 2.70. The molecule has 0 aromatic carbocycles. The fraction of sp³-hybridized carbons (Fsp3) is 0.417. The van der Waals surface area contributed by atoms with E-state index in [-0.39, 0.29) is 17.9 Å². The number of aromatic carboxylic acids is 1. The molecule has 0 aliphatic rings. The monoisotopic (exact) mass is 277 g/mol. The van der Waals surface area contributed by atoms with Crippen molar-refractivity contribution in [2.24, 2.45) is 0 Å². The molecule has 2 rings (SSSR count). The first kappa shape index (κ1) is 13.9. The third kappa shape index (κ3) is 3.28. The van der Waals surface area contributed by atoms with Crippen LogP contribution in [0.15, 0.2) is 18.5 Å². The molecule has 8 heteroatoms. The van der Waals surface area contributed by atoms with Gasteiger partial charge in [0.05, 0.1) is 6.20 Å². The van der Waals surface area contributed by atoms with E-state index in [9.17, 15) is 4.79 Å². The van der Waals surface area contributed by atoms with Crippen LogP contribution >= 0.6 is 0 Å². The number of aryl methyl sites for hydroxylation is 1. The summed E-state index contributed by atoms with van der Waals surface area (Å²) in [6.07, 6.45) is 4.77. The molecule has 2 aromatic heterocycles. The molecule has 20 heavy (non-hydrogen) atoms. The average molecular weight is 277 g/mol. The first-order chi connectivity index (χ1) is 9.72. The van der Waals surface area contributed by atoms with Crippen molar-refractivity contribution in [1.82, 2.24) is 25.2 Å². The molecule has 0 atom stereocenters. The van der Waals surface area contributed by atoms with Gasteiger partial charge in [-0.1, -0.05) is 13.3 Å². The standard InChI is InChI=1S/C12H15N5O3/c1-2-3-6-17-11(14-15-16-17)8-20-10-7-13-5-4-9(10)12(18)19/h4-5,7H,2-3,6,8H2,1H3,(H,18,19). The number of pyridine rings is 1. The highest BCUT2D eigenvalue weighted by Crippen LogP contribution is 2.17. The maximum absolute atomic E-state index is 11.0. The van der Waals surface area contributed by atoms with E-state index in [1.807, 2.05) is 0 Å². The zero-order chi connectivity index (χ0) is 14.4. The van der Waals surface area contributed by atoms with E-state index in [0.29, 0.717) is 12.4 Å². The number of hydrogen-bond acceptors (Lipinski definition) is 6. The summed E-state index contributed by atoms with van der Waals surface area (Å²) >= 11 is 0. The number of carboxylic acids is 1. The molecule has 2 aromatic rings. The first-order valence-corrected chi connectivity index (χ1v) is 6.27. The van der Waals surface area contributed by atoms with Crippen molar-refractivity contribution in [1.29, 1.82) is 0 Å². The second-order valence-electron chi connectivity index (χ2n) is 4.14. The molecule has 0 saturated carbocycles. The molecular weight excluding hydrogens is 262 g/mol. The lowest BCUT2D eigenvalue weighted by atomic mass is 10.2. The lowest BCUT2D eigenvalue weighted by Gasteiger charge is -2.08. The van der Waals surface area contributed by atoms with E-state index in [0.717, 1.165) is 12.8 Å². The van der Waals surface area contributed by atoms with Crippen LogP contribution in [0.2, 0.25) is 0 Å². The zero-order valence-corrected chi connectivity index (χ0v) is 11.1. The summed E-state index contributed by atoms with van der Waals surface area (Å²) in [6, 6.07) is 1.39. The lowest BCUT2D eigenvalue weighted by Crippen LogP contribution is -2.10. The van der Waals surface area contributed by atoms with Gasteiger partial charge in [-0.15, -0.1) is 5.10 Å². The Bertz CT molecular complexity index is 584. The number of hydrogen-bond donors (Lipinski definition) is 1. The van der Waals surface area contributed by atoms with E-state index < -0.39 is 5.97 Å². The summed E-state index contributed by atoms with van der Waals surface area (Å²) in [7, 11) is 0. The van der Waals surface area contributed by atoms with Gasteiger partial charge in [-0.2, -0.15) is 0 Å². The normalized spacial score (nSPS) is 10.4. The lowest BCUT2D eigenvalue weighted by molar-refractivity contribution is 0.0691. The van der Waals surface area contributed by atoms with Gasteiger partial charge in [0.25, 0.3) is 0 Å². The minimum Gasteiger partial charge on any atom is -0.483 e. The molecule has 0 saturated heterocycles. The van der Waals surface area contributed by atoms with Crippen LogP contribution in [0.4, 0.5) is 0 Å². The summed E-state index contributed by atoms with van der Waals surface area (Å²) in [5, 5.41) is 20.4. The quantitative estimate of drug-likeness (QED) is 0.809. The van der Waals surface area contributed by atoms with Crippen LogP contribution in [0.1, 0.15) is 35.9 Å². The Labute approximate surface area is 115 Å². The van der Waals surface area contributed by atoms with Crippen LogP contribution in [-0.2, 0) is 13.2 Å². The Morgan fingerprint density at radius 3 is 3.10 bits per heavy atom. The van der Waals surface area contributed by atoms with Crippen LogP contribution in [0.5, 0.6) is 5.75 Å². The van der Waals surface area contributed by atoms with Crippen LogP contribution in [-0.4, -0.2) is 36.3 Å². The highest BCUT2D eigenvalue weighted by molar-refractivity contribution is 5.90. The van der Waals surface area contributed by atoms with Gasteiger partial charge in [-0.05, 0) is 22.9 Å². The van der Waals surface area contributed by atoms with Gasteiger partial charge in [-0.3, -0.25) is 4.98 Å². The largest absolute Gasteiger partial charge is 0.483 e. The summed E-state index contributed by atoms with van der Waals surface area (Å²) < 4.78 is 7.11. The number of ether oxygens (including phenoxy) is 1. The van der Waals surface area contributed by atoms with Crippen LogP contribution in [0.3, 0.4) is 0 Å². The van der Waals surface area contributed by atoms with Gasteiger partial charge >= 0.3 is 5.97 Å². The molecule has 0 radical (unpaired) electrons. The summed E-state index contributed by atoms with van der Waals surface area (Å²) in [4.78, 5) is 14.9. The van der Waals surface area contributed by atoms with E-state index in [2.05, 4.69) is 27.4 Å². The summed E-state index contributed by atoms with van der Waals surface area (Å²) in [5.41, 5.74) is 0.0626. The van der Waals surface area contributed by atoms with Crippen molar-refractivity contribution in [2.75, 3.05) is 0 Å². The highest BCUT2D eigenvalue weighted by atomic mass is 16.5. The molecule has 2 heterocycles. The van der Waals surface area contributed by atoms with Gasteiger partial charge in [0, 0.05) is 12.7 Å². The third-order valence-corrected chi connectivity index (χ3v) is 2.70. The number of unbranched alkanes of at least 4 members (excludes halogenated alkanes) is 1. The van der Waals surface area contributed by atoms with E-state index in [1.165, 1.54) is 18.5 Å². The van der Waals surface area contributed by atoms with Crippen molar-refractivity contribution in [3.63, 3.8) is 0 Å². The molecule has 0 spiro atoms. The first-order valence-electron chi connectivity index (χ1n) is 6.27. The van der Waals surface area contributed by atoms with Crippen molar-refractivity contribution in [2.45, 2.75) is 32.9 Å². The Balaban J connectivity index is 2.06. The van der Waals surface area contributed by atoms with Crippen LogP contribution in [0, 0.1) is 0 Å². The second-order valence-corrected chi connectivity index (χ2v) is 4.14. The maximum atomic E-state index is 11.0. The van der Waals surface area contributed by atoms with Crippen molar-refractivity contribution >= 4 is 5.97 Å². The van der Waals surface area contributed by atoms with Crippen LogP contribution < -0.4 is 4.74 Å². The Morgan fingerprint density at radius 2 is 2.35 bits per heavy atom. The predicted molar refractivity (Wildman–Crippen MR) is 68.3 cm³/mol. The minimum atomic E-state index is -1.06.